The lowest BCUT2D eigenvalue weighted by Gasteiger charge is -2.25. The third kappa shape index (κ3) is 4.02. The molecular formula is C25H27N3O3S. The quantitative estimate of drug-likeness (QED) is 0.559. The van der Waals surface area contributed by atoms with E-state index in [1.165, 1.54) is 5.56 Å². The predicted octanol–water partition coefficient (Wildman–Crippen LogP) is 4.42. The molecule has 2 atom stereocenters. The van der Waals surface area contributed by atoms with Crippen molar-refractivity contribution in [2.24, 2.45) is 5.92 Å². The molecule has 0 radical (unpaired) electrons. The topological polar surface area (TPSA) is 62.7 Å². The molecule has 32 heavy (non-hydrogen) atoms. The van der Waals surface area contributed by atoms with Crippen LogP contribution in [0.1, 0.15) is 31.7 Å². The Kier molecular flexibility index (Phi) is 5.93. The van der Waals surface area contributed by atoms with E-state index in [9.17, 15) is 9.59 Å². The normalized spacial score (nSPS) is 20.9. The summed E-state index contributed by atoms with van der Waals surface area (Å²) in [6.45, 7) is 3.73. The molecule has 3 heterocycles. The number of ether oxygens (including phenoxy) is 1. The van der Waals surface area contributed by atoms with E-state index >= 15 is 0 Å². The van der Waals surface area contributed by atoms with Crippen LogP contribution in [0.3, 0.4) is 0 Å². The molecule has 2 aliphatic rings. The SMILES string of the molecule is CCc1cccc2sc(N(CC3CCCO3)C(=O)C3CC(=O)N(c4ccccc4)C3)nc12. The summed E-state index contributed by atoms with van der Waals surface area (Å²) in [6, 6.07) is 15.8. The fourth-order valence-corrected chi connectivity index (χ4v) is 5.63. The fraction of sp³-hybridized carbons (Fsp3) is 0.400. The Labute approximate surface area is 191 Å². The number of nitrogens with zero attached hydrogens (tertiary/aromatic N) is 3. The van der Waals surface area contributed by atoms with Crippen LogP contribution in [0.25, 0.3) is 10.2 Å². The Morgan fingerprint density at radius 3 is 2.81 bits per heavy atom. The third-order valence-electron chi connectivity index (χ3n) is 6.32. The minimum Gasteiger partial charge on any atom is -0.376 e. The molecule has 2 aliphatic heterocycles. The maximum atomic E-state index is 13.7. The van der Waals surface area contributed by atoms with Crippen LogP contribution in [0, 0.1) is 5.92 Å². The summed E-state index contributed by atoms with van der Waals surface area (Å²) in [5.74, 6) is -0.435. The Bertz CT molecular complexity index is 1120. The molecule has 2 fully saturated rings. The van der Waals surface area contributed by atoms with Gasteiger partial charge in [0.15, 0.2) is 5.13 Å². The number of carbonyl (C=O) groups is 2. The van der Waals surface area contributed by atoms with E-state index in [-0.39, 0.29) is 30.3 Å². The van der Waals surface area contributed by atoms with E-state index in [2.05, 4.69) is 19.1 Å². The summed E-state index contributed by atoms with van der Waals surface area (Å²) in [5.41, 5.74) is 2.99. The lowest BCUT2D eigenvalue weighted by atomic mass is 10.1. The number of hydrogen-bond donors (Lipinski definition) is 0. The lowest BCUT2D eigenvalue weighted by Crippen LogP contribution is -2.42. The highest BCUT2D eigenvalue weighted by molar-refractivity contribution is 7.22. The van der Waals surface area contributed by atoms with E-state index in [1.54, 1.807) is 21.1 Å². The molecule has 7 heteroatoms. The summed E-state index contributed by atoms with van der Waals surface area (Å²) >= 11 is 1.54. The van der Waals surface area contributed by atoms with Crippen LogP contribution in [0.4, 0.5) is 10.8 Å². The number of aromatic nitrogens is 1. The average molecular weight is 450 g/mol. The standard InChI is InChI=1S/C25H27N3O3S/c1-2-17-8-6-12-21-23(17)26-25(32-21)28(16-20-11-7-13-31-20)24(30)18-14-22(29)27(15-18)19-9-4-3-5-10-19/h3-6,8-10,12,18,20H,2,7,11,13-16H2,1H3. The highest BCUT2D eigenvalue weighted by atomic mass is 32.1. The van der Waals surface area contributed by atoms with E-state index in [4.69, 9.17) is 9.72 Å². The van der Waals surface area contributed by atoms with Crippen molar-refractivity contribution < 1.29 is 14.3 Å². The van der Waals surface area contributed by atoms with Crippen molar-refractivity contribution in [1.29, 1.82) is 0 Å². The van der Waals surface area contributed by atoms with E-state index in [1.807, 2.05) is 36.4 Å². The van der Waals surface area contributed by atoms with Crippen molar-refractivity contribution >= 4 is 44.2 Å². The van der Waals surface area contributed by atoms with Crippen LogP contribution >= 0.6 is 11.3 Å². The van der Waals surface area contributed by atoms with Crippen LogP contribution in [0.2, 0.25) is 0 Å². The van der Waals surface area contributed by atoms with Gasteiger partial charge < -0.3 is 9.64 Å². The molecule has 1 aromatic heterocycles. The molecular weight excluding hydrogens is 422 g/mol. The highest BCUT2D eigenvalue weighted by Crippen LogP contribution is 2.34. The van der Waals surface area contributed by atoms with Crippen LogP contribution in [-0.2, 0) is 20.7 Å². The zero-order chi connectivity index (χ0) is 22.1. The number of thiazole rings is 1. The minimum atomic E-state index is -0.387. The molecule has 2 unspecified atom stereocenters. The van der Waals surface area contributed by atoms with Gasteiger partial charge in [0.05, 0.1) is 28.8 Å². The summed E-state index contributed by atoms with van der Waals surface area (Å²) in [4.78, 5) is 34.9. The first-order valence-electron chi connectivity index (χ1n) is 11.3. The van der Waals surface area contributed by atoms with Crippen molar-refractivity contribution in [3.63, 3.8) is 0 Å². The maximum Gasteiger partial charge on any atom is 0.234 e. The average Bonchev–Trinajstić information content (AvgIpc) is 3.56. The summed E-state index contributed by atoms with van der Waals surface area (Å²) in [7, 11) is 0. The number of carbonyl (C=O) groups excluding carboxylic acids is 2. The molecule has 2 aromatic carbocycles. The number of para-hydroxylation sites is 2. The molecule has 0 aliphatic carbocycles. The largest absolute Gasteiger partial charge is 0.376 e. The number of hydrogen-bond acceptors (Lipinski definition) is 5. The van der Waals surface area contributed by atoms with Gasteiger partial charge in [-0.1, -0.05) is 48.6 Å². The van der Waals surface area contributed by atoms with Crippen molar-refractivity contribution in [3.05, 3.63) is 54.1 Å². The van der Waals surface area contributed by atoms with E-state index in [0.717, 1.165) is 41.8 Å². The van der Waals surface area contributed by atoms with Gasteiger partial charge in [-0.3, -0.25) is 14.5 Å². The van der Waals surface area contributed by atoms with E-state index < -0.39 is 0 Å². The first kappa shape index (κ1) is 21.1. The molecule has 0 saturated carbocycles. The summed E-state index contributed by atoms with van der Waals surface area (Å²) in [5, 5.41) is 0.701. The molecule has 6 nitrogen and oxygen atoms in total. The second-order valence-corrected chi connectivity index (χ2v) is 9.45. The second kappa shape index (κ2) is 9.00. The minimum absolute atomic E-state index is 0.0100. The number of anilines is 2. The molecule has 5 rings (SSSR count). The van der Waals surface area contributed by atoms with Gasteiger partial charge in [-0.15, -0.1) is 0 Å². The molecule has 0 N–H and O–H groups in total. The Morgan fingerprint density at radius 1 is 1.22 bits per heavy atom. The molecule has 0 spiro atoms. The Hall–Kier alpha value is -2.77. The zero-order valence-corrected chi connectivity index (χ0v) is 19.0. The highest BCUT2D eigenvalue weighted by Gasteiger charge is 2.39. The molecule has 3 aromatic rings. The van der Waals surface area contributed by atoms with Crippen molar-refractivity contribution in [2.45, 2.75) is 38.7 Å². The summed E-state index contributed by atoms with van der Waals surface area (Å²) in [6.07, 6.45) is 3.08. The van der Waals surface area contributed by atoms with Gasteiger partial charge in [0.25, 0.3) is 0 Å². The smallest absolute Gasteiger partial charge is 0.234 e. The number of benzene rings is 2. The van der Waals surface area contributed by atoms with Gasteiger partial charge in [-0.2, -0.15) is 0 Å². The van der Waals surface area contributed by atoms with Gasteiger partial charge in [0.1, 0.15) is 0 Å². The van der Waals surface area contributed by atoms with Crippen molar-refractivity contribution in [3.8, 4) is 0 Å². The summed E-state index contributed by atoms with van der Waals surface area (Å²) < 4.78 is 6.94. The van der Waals surface area contributed by atoms with E-state index in [0.29, 0.717) is 18.2 Å². The predicted molar refractivity (Wildman–Crippen MR) is 127 cm³/mol. The third-order valence-corrected chi connectivity index (χ3v) is 7.37. The monoisotopic (exact) mass is 449 g/mol. The van der Waals surface area contributed by atoms with Gasteiger partial charge in [-0.05, 0) is 43.0 Å². The maximum absolute atomic E-state index is 13.7. The Balaban J connectivity index is 1.44. The Morgan fingerprint density at radius 2 is 2.06 bits per heavy atom. The lowest BCUT2D eigenvalue weighted by molar-refractivity contribution is -0.124. The van der Waals surface area contributed by atoms with Crippen molar-refractivity contribution in [2.75, 3.05) is 29.5 Å². The van der Waals surface area contributed by atoms with Crippen LogP contribution in [0.5, 0.6) is 0 Å². The van der Waals surface area contributed by atoms with Gasteiger partial charge in [-0.25, -0.2) is 4.98 Å². The van der Waals surface area contributed by atoms with Crippen LogP contribution < -0.4 is 9.80 Å². The van der Waals surface area contributed by atoms with Gasteiger partial charge in [0, 0.05) is 25.3 Å². The molecule has 0 bridgehead atoms. The second-order valence-electron chi connectivity index (χ2n) is 8.44. The number of fused-ring (bicyclic) bond motifs is 1. The molecule has 166 valence electrons. The number of amides is 2. The van der Waals surface area contributed by atoms with Crippen molar-refractivity contribution in [1.82, 2.24) is 4.98 Å². The fourth-order valence-electron chi connectivity index (χ4n) is 4.60. The number of rotatable bonds is 6. The first-order chi connectivity index (χ1) is 15.6. The molecule has 2 amide bonds. The van der Waals surface area contributed by atoms with Crippen LogP contribution in [0.15, 0.2) is 48.5 Å². The number of aryl methyl sites for hydroxylation is 1. The molecule has 2 saturated heterocycles. The first-order valence-corrected chi connectivity index (χ1v) is 12.1. The van der Waals surface area contributed by atoms with Gasteiger partial charge in [0.2, 0.25) is 11.8 Å². The van der Waals surface area contributed by atoms with Crippen LogP contribution in [-0.4, -0.2) is 42.6 Å². The zero-order valence-electron chi connectivity index (χ0n) is 18.2. The van der Waals surface area contributed by atoms with Gasteiger partial charge >= 0.3 is 0 Å².